The fraction of sp³-hybridized carbons (Fsp3) is 1.00. The highest BCUT2D eigenvalue weighted by atomic mass is 16.6. The fourth-order valence-electron chi connectivity index (χ4n) is 4.60. The second kappa shape index (κ2) is 8.15. The van der Waals surface area contributed by atoms with Crippen LogP contribution >= 0.6 is 0 Å². The van der Waals surface area contributed by atoms with Crippen LogP contribution in [0.4, 0.5) is 0 Å². The molecule has 3 fully saturated rings. The molecular weight excluding hydrogens is 272 g/mol. The molecule has 0 radical (unpaired) electrons. The van der Waals surface area contributed by atoms with Crippen molar-refractivity contribution in [3.8, 4) is 0 Å². The van der Waals surface area contributed by atoms with E-state index < -0.39 is 0 Å². The number of hydrogen-bond acceptors (Lipinski definition) is 2. The molecule has 3 aliphatic rings. The molecule has 128 valence electrons. The molecule has 2 aliphatic heterocycles. The molecule has 0 aromatic rings. The molecule has 2 heteroatoms. The van der Waals surface area contributed by atoms with E-state index in [2.05, 4.69) is 13.8 Å². The van der Waals surface area contributed by atoms with E-state index in [1.165, 1.54) is 77.0 Å². The summed E-state index contributed by atoms with van der Waals surface area (Å²) in [5, 5.41) is 0. The van der Waals surface area contributed by atoms with Gasteiger partial charge in [-0.1, -0.05) is 52.4 Å². The minimum Gasteiger partial charge on any atom is -0.369 e. The van der Waals surface area contributed by atoms with Crippen LogP contribution in [0.2, 0.25) is 0 Å². The van der Waals surface area contributed by atoms with Gasteiger partial charge in [0.15, 0.2) is 0 Å². The summed E-state index contributed by atoms with van der Waals surface area (Å²) >= 11 is 0. The lowest BCUT2D eigenvalue weighted by atomic mass is 9.77. The second-order valence-corrected chi connectivity index (χ2v) is 7.94. The van der Waals surface area contributed by atoms with Crippen LogP contribution in [-0.4, -0.2) is 24.4 Å². The average molecular weight is 309 g/mol. The zero-order valence-corrected chi connectivity index (χ0v) is 14.8. The Balaban J connectivity index is 1.28. The largest absolute Gasteiger partial charge is 0.369 e. The van der Waals surface area contributed by atoms with Crippen molar-refractivity contribution in [1.29, 1.82) is 0 Å². The van der Waals surface area contributed by atoms with Crippen molar-refractivity contribution in [1.82, 2.24) is 0 Å². The molecule has 1 saturated carbocycles. The van der Waals surface area contributed by atoms with Gasteiger partial charge in [0.25, 0.3) is 0 Å². The van der Waals surface area contributed by atoms with Crippen molar-refractivity contribution in [3.63, 3.8) is 0 Å². The van der Waals surface area contributed by atoms with E-state index in [4.69, 9.17) is 9.47 Å². The van der Waals surface area contributed by atoms with E-state index >= 15 is 0 Å². The van der Waals surface area contributed by atoms with Crippen molar-refractivity contribution in [2.45, 2.75) is 115 Å². The molecule has 0 bridgehead atoms. The molecule has 0 amide bonds. The Morgan fingerprint density at radius 3 is 1.41 bits per heavy atom. The summed E-state index contributed by atoms with van der Waals surface area (Å²) < 4.78 is 11.9. The number of epoxide rings is 2. The minimum absolute atomic E-state index is 0.618. The first-order chi connectivity index (χ1) is 10.8. The van der Waals surface area contributed by atoms with Gasteiger partial charge in [-0.2, -0.15) is 0 Å². The first-order valence-corrected chi connectivity index (χ1v) is 10.1. The maximum atomic E-state index is 5.97. The summed E-state index contributed by atoms with van der Waals surface area (Å²) in [6.45, 7) is 4.56. The van der Waals surface area contributed by atoms with E-state index in [1.54, 1.807) is 0 Å². The van der Waals surface area contributed by atoms with Gasteiger partial charge in [-0.15, -0.1) is 0 Å². The zero-order chi connectivity index (χ0) is 15.4. The lowest BCUT2D eigenvalue weighted by Crippen LogP contribution is -2.23. The van der Waals surface area contributed by atoms with E-state index in [1.807, 2.05) is 0 Å². The highest BCUT2D eigenvalue weighted by Crippen LogP contribution is 2.46. The summed E-state index contributed by atoms with van der Waals surface area (Å²) in [7, 11) is 0. The first-order valence-electron chi connectivity index (χ1n) is 10.1. The smallest absolute Gasteiger partial charge is 0.0869 e. The topological polar surface area (TPSA) is 25.1 Å². The van der Waals surface area contributed by atoms with Gasteiger partial charge < -0.3 is 9.47 Å². The van der Waals surface area contributed by atoms with Crippen LogP contribution in [0, 0.1) is 11.8 Å². The quantitative estimate of drug-likeness (QED) is 0.394. The SMILES string of the molecule is CCCCCC1OC1C1CCC(C2OC2CCCCC)CC1. The molecule has 22 heavy (non-hydrogen) atoms. The van der Waals surface area contributed by atoms with Crippen LogP contribution in [-0.2, 0) is 9.47 Å². The fourth-order valence-corrected chi connectivity index (χ4v) is 4.60. The second-order valence-electron chi connectivity index (χ2n) is 7.94. The van der Waals surface area contributed by atoms with Crippen molar-refractivity contribution < 1.29 is 9.47 Å². The van der Waals surface area contributed by atoms with E-state index in [9.17, 15) is 0 Å². The summed E-state index contributed by atoms with van der Waals surface area (Å²) in [5.74, 6) is 1.72. The van der Waals surface area contributed by atoms with Crippen molar-refractivity contribution >= 4 is 0 Å². The van der Waals surface area contributed by atoms with E-state index in [0.29, 0.717) is 24.4 Å². The maximum absolute atomic E-state index is 5.97. The third-order valence-corrected chi connectivity index (χ3v) is 6.17. The van der Waals surface area contributed by atoms with Gasteiger partial charge in [0.1, 0.15) is 0 Å². The van der Waals surface area contributed by atoms with Gasteiger partial charge in [-0.05, 0) is 50.4 Å². The highest BCUT2D eigenvalue weighted by molar-refractivity contribution is 4.97. The minimum atomic E-state index is 0.618. The Kier molecular flexibility index (Phi) is 6.21. The van der Waals surface area contributed by atoms with Gasteiger partial charge in [-0.3, -0.25) is 0 Å². The van der Waals surface area contributed by atoms with Gasteiger partial charge in [0, 0.05) is 0 Å². The monoisotopic (exact) mass is 308 g/mol. The maximum Gasteiger partial charge on any atom is 0.0869 e. The highest BCUT2D eigenvalue weighted by Gasteiger charge is 2.49. The first kappa shape index (κ1) is 16.8. The zero-order valence-electron chi connectivity index (χ0n) is 14.8. The van der Waals surface area contributed by atoms with Crippen LogP contribution in [0.15, 0.2) is 0 Å². The standard InChI is InChI=1S/C20H36O2/c1-3-5-7-9-17-19(21-17)15-11-13-16(14-12-15)20-18(22-20)10-8-6-4-2/h15-20H,3-14H2,1-2H3. The van der Waals surface area contributed by atoms with Crippen LogP contribution in [0.3, 0.4) is 0 Å². The number of rotatable bonds is 10. The third-order valence-electron chi connectivity index (χ3n) is 6.17. The summed E-state index contributed by atoms with van der Waals surface area (Å²) in [5.41, 5.74) is 0. The molecular formula is C20H36O2. The molecule has 0 spiro atoms. The number of unbranched alkanes of at least 4 members (excludes halogenated alkanes) is 4. The number of ether oxygens (including phenoxy) is 2. The Labute approximate surface area is 137 Å². The molecule has 0 N–H and O–H groups in total. The Morgan fingerprint density at radius 1 is 0.636 bits per heavy atom. The predicted octanol–water partition coefficient (Wildman–Crippen LogP) is 5.49. The Bertz CT molecular complexity index is 290. The van der Waals surface area contributed by atoms with Crippen molar-refractivity contribution in [2.75, 3.05) is 0 Å². The van der Waals surface area contributed by atoms with Crippen molar-refractivity contribution in [3.05, 3.63) is 0 Å². The normalized spacial score (nSPS) is 40.6. The number of hydrogen-bond donors (Lipinski definition) is 0. The molecule has 0 aromatic heterocycles. The van der Waals surface area contributed by atoms with Gasteiger partial charge in [-0.25, -0.2) is 0 Å². The van der Waals surface area contributed by atoms with Crippen LogP contribution < -0.4 is 0 Å². The van der Waals surface area contributed by atoms with Crippen molar-refractivity contribution in [2.24, 2.45) is 11.8 Å². The molecule has 2 saturated heterocycles. The molecule has 1 aliphatic carbocycles. The van der Waals surface area contributed by atoms with E-state index in [-0.39, 0.29) is 0 Å². The molecule has 2 nitrogen and oxygen atoms in total. The Morgan fingerprint density at radius 2 is 1.05 bits per heavy atom. The summed E-state index contributed by atoms with van der Waals surface area (Å²) in [4.78, 5) is 0. The lowest BCUT2D eigenvalue weighted by molar-refractivity contribution is 0.194. The average Bonchev–Trinajstić information content (AvgIpc) is 3.43. The molecule has 3 rings (SSSR count). The molecule has 4 unspecified atom stereocenters. The van der Waals surface area contributed by atoms with E-state index in [0.717, 1.165) is 11.8 Å². The van der Waals surface area contributed by atoms with Gasteiger partial charge in [0.05, 0.1) is 24.4 Å². The van der Waals surface area contributed by atoms with Crippen LogP contribution in [0.1, 0.15) is 90.9 Å². The van der Waals surface area contributed by atoms with Gasteiger partial charge >= 0.3 is 0 Å². The summed E-state index contributed by atoms with van der Waals surface area (Å²) in [6, 6.07) is 0. The lowest BCUT2D eigenvalue weighted by Gasteiger charge is -2.26. The van der Waals surface area contributed by atoms with Crippen LogP contribution in [0.25, 0.3) is 0 Å². The molecule has 4 atom stereocenters. The third kappa shape index (κ3) is 4.47. The molecule has 0 aromatic carbocycles. The molecule has 2 heterocycles. The Hall–Kier alpha value is -0.0800. The van der Waals surface area contributed by atoms with Crippen LogP contribution in [0.5, 0.6) is 0 Å². The predicted molar refractivity (Wildman–Crippen MR) is 91.1 cm³/mol. The van der Waals surface area contributed by atoms with Gasteiger partial charge in [0.2, 0.25) is 0 Å². The summed E-state index contributed by atoms with van der Waals surface area (Å²) in [6.07, 6.45) is 18.8.